The molecule has 0 radical (unpaired) electrons. The van der Waals surface area contributed by atoms with E-state index in [9.17, 15) is 9.59 Å². The number of ketones is 1. The number of amides is 1. The van der Waals surface area contributed by atoms with E-state index in [1.54, 1.807) is 6.20 Å². The van der Waals surface area contributed by atoms with Gasteiger partial charge in [-0.1, -0.05) is 30.3 Å². The first kappa shape index (κ1) is 16.8. The normalized spacial score (nSPS) is 17.8. The van der Waals surface area contributed by atoms with Crippen LogP contribution in [0.2, 0.25) is 0 Å². The molecule has 26 heavy (non-hydrogen) atoms. The Morgan fingerprint density at radius 2 is 1.65 bits per heavy atom. The summed E-state index contributed by atoms with van der Waals surface area (Å²) in [5.74, 6) is 1.15. The highest BCUT2D eigenvalue weighted by Crippen LogP contribution is 2.25. The summed E-state index contributed by atoms with van der Waals surface area (Å²) in [5.41, 5.74) is 1.41. The molecule has 4 rings (SSSR count). The first-order valence-corrected chi connectivity index (χ1v) is 9.32. The van der Waals surface area contributed by atoms with Crippen LogP contribution in [0.3, 0.4) is 0 Å². The molecule has 1 saturated carbocycles. The van der Waals surface area contributed by atoms with Crippen LogP contribution in [0.25, 0.3) is 0 Å². The molecule has 0 atom stereocenters. The summed E-state index contributed by atoms with van der Waals surface area (Å²) in [6, 6.07) is 13.6. The highest BCUT2D eigenvalue weighted by Gasteiger charge is 2.27. The number of nitrogens with one attached hydrogen (secondary N) is 1. The van der Waals surface area contributed by atoms with Gasteiger partial charge in [-0.05, 0) is 37.8 Å². The number of pyridine rings is 1. The van der Waals surface area contributed by atoms with Gasteiger partial charge in [0.1, 0.15) is 5.82 Å². The van der Waals surface area contributed by atoms with Crippen LogP contribution in [-0.4, -0.2) is 35.8 Å². The average molecular weight is 349 g/mol. The number of hydrogen-bond donors (Lipinski definition) is 1. The summed E-state index contributed by atoms with van der Waals surface area (Å²) in [6.07, 6.45) is 5.47. The number of anilines is 1. The summed E-state index contributed by atoms with van der Waals surface area (Å²) < 4.78 is 0. The third-order valence-corrected chi connectivity index (χ3v) is 5.17. The molecule has 2 heterocycles. The maximum atomic E-state index is 12.6. The molecule has 1 aliphatic carbocycles. The van der Waals surface area contributed by atoms with E-state index < -0.39 is 0 Å². The summed E-state index contributed by atoms with van der Waals surface area (Å²) in [4.78, 5) is 31.3. The zero-order valence-electron chi connectivity index (χ0n) is 14.7. The van der Waals surface area contributed by atoms with E-state index >= 15 is 0 Å². The van der Waals surface area contributed by atoms with Gasteiger partial charge in [0.15, 0.2) is 5.78 Å². The Morgan fingerprint density at radius 1 is 0.923 bits per heavy atom. The fraction of sp³-hybridized carbons (Fsp3) is 0.381. The van der Waals surface area contributed by atoms with E-state index in [0.29, 0.717) is 11.6 Å². The van der Waals surface area contributed by atoms with Crippen LogP contribution in [-0.2, 0) is 0 Å². The predicted molar refractivity (Wildman–Crippen MR) is 100 cm³/mol. The number of carbonyl (C=O) groups excluding carboxylic acids is 2. The van der Waals surface area contributed by atoms with Gasteiger partial charge in [-0.2, -0.15) is 0 Å². The van der Waals surface area contributed by atoms with Crippen LogP contribution in [0.4, 0.5) is 5.82 Å². The Labute approximate surface area is 153 Å². The number of Topliss-reactive ketones (excluding diaryl/α,β-unsaturated/α-hetero) is 1. The lowest BCUT2D eigenvalue weighted by Crippen LogP contribution is -2.37. The smallest absolute Gasteiger partial charge is 0.253 e. The third-order valence-electron chi connectivity index (χ3n) is 5.17. The van der Waals surface area contributed by atoms with Crippen LogP contribution < -0.4 is 10.2 Å². The first-order valence-electron chi connectivity index (χ1n) is 9.32. The number of rotatable bonds is 5. The van der Waals surface area contributed by atoms with Gasteiger partial charge < -0.3 is 10.2 Å². The summed E-state index contributed by atoms with van der Waals surface area (Å²) >= 11 is 0. The van der Waals surface area contributed by atoms with Crippen LogP contribution in [0.1, 0.15) is 46.4 Å². The van der Waals surface area contributed by atoms with Gasteiger partial charge in [0, 0.05) is 36.8 Å². The molecule has 0 bridgehead atoms. The molecule has 2 fully saturated rings. The Kier molecular flexibility index (Phi) is 4.69. The average Bonchev–Trinajstić information content (AvgIpc) is 3.52. The predicted octanol–water partition coefficient (Wildman–Crippen LogP) is 3.07. The zero-order chi connectivity index (χ0) is 17.9. The van der Waals surface area contributed by atoms with Crippen molar-refractivity contribution in [2.45, 2.75) is 31.7 Å². The second-order valence-corrected chi connectivity index (χ2v) is 7.14. The molecule has 1 aromatic carbocycles. The molecule has 0 unspecified atom stereocenters. The number of hydrogen-bond acceptors (Lipinski definition) is 4. The van der Waals surface area contributed by atoms with Crippen molar-refractivity contribution in [2.75, 3.05) is 18.0 Å². The SMILES string of the molecule is O=C(NC1CC1)c1ccc(N2CCC(C(=O)c3ccccc3)CC2)nc1. The minimum absolute atomic E-state index is 0.0429. The lowest BCUT2D eigenvalue weighted by molar-refractivity contribution is 0.0899. The van der Waals surface area contributed by atoms with E-state index in [2.05, 4.69) is 15.2 Å². The van der Waals surface area contributed by atoms with Crippen molar-refractivity contribution in [3.8, 4) is 0 Å². The minimum atomic E-state index is -0.0429. The van der Waals surface area contributed by atoms with Crippen molar-refractivity contribution in [3.05, 3.63) is 59.8 Å². The van der Waals surface area contributed by atoms with Crippen LogP contribution in [0.5, 0.6) is 0 Å². The topological polar surface area (TPSA) is 62.3 Å². The van der Waals surface area contributed by atoms with Crippen molar-refractivity contribution >= 4 is 17.5 Å². The Hall–Kier alpha value is -2.69. The number of aromatic nitrogens is 1. The van der Waals surface area contributed by atoms with Gasteiger partial charge in [0.2, 0.25) is 0 Å². The van der Waals surface area contributed by atoms with Crippen LogP contribution in [0.15, 0.2) is 48.7 Å². The number of piperidine rings is 1. The molecule has 5 nitrogen and oxygen atoms in total. The van der Waals surface area contributed by atoms with Crippen LogP contribution >= 0.6 is 0 Å². The Morgan fingerprint density at radius 3 is 2.27 bits per heavy atom. The summed E-state index contributed by atoms with van der Waals surface area (Å²) in [7, 11) is 0. The van der Waals surface area contributed by atoms with Crippen molar-refractivity contribution < 1.29 is 9.59 Å². The fourth-order valence-corrected chi connectivity index (χ4v) is 3.41. The van der Waals surface area contributed by atoms with Gasteiger partial charge in [-0.3, -0.25) is 9.59 Å². The molecule has 5 heteroatoms. The lowest BCUT2D eigenvalue weighted by atomic mass is 9.89. The van der Waals surface area contributed by atoms with Crippen molar-refractivity contribution in [3.63, 3.8) is 0 Å². The Balaban J connectivity index is 1.34. The second kappa shape index (κ2) is 7.28. The van der Waals surface area contributed by atoms with E-state index in [0.717, 1.165) is 50.2 Å². The van der Waals surface area contributed by atoms with Crippen molar-refractivity contribution in [1.29, 1.82) is 0 Å². The highest BCUT2D eigenvalue weighted by molar-refractivity contribution is 5.98. The van der Waals surface area contributed by atoms with E-state index in [4.69, 9.17) is 0 Å². The molecular weight excluding hydrogens is 326 g/mol. The second-order valence-electron chi connectivity index (χ2n) is 7.14. The van der Waals surface area contributed by atoms with E-state index in [1.807, 2.05) is 42.5 Å². The highest BCUT2D eigenvalue weighted by atomic mass is 16.1. The number of benzene rings is 1. The van der Waals surface area contributed by atoms with E-state index in [1.165, 1.54) is 0 Å². The molecule has 0 spiro atoms. The quantitative estimate of drug-likeness (QED) is 0.843. The monoisotopic (exact) mass is 349 g/mol. The lowest BCUT2D eigenvalue weighted by Gasteiger charge is -2.32. The van der Waals surface area contributed by atoms with Gasteiger partial charge >= 0.3 is 0 Å². The minimum Gasteiger partial charge on any atom is -0.357 e. The maximum Gasteiger partial charge on any atom is 0.253 e. The van der Waals surface area contributed by atoms with Gasteiger partial charge in [-0.15, -0.1) is 0 Å². The first-order chi connectivity index (χ1) is 12.7. The summed E-state index contributed by atoms with van der Waals surface area (Å²) in [5, 5.41) is 2.97. The van der Waals surface area contributed by atoms with Gasteiger partial charge in [0.25, 0.3) is 5.91 Å². The van der Waals surface area contributed by atoms with Gasteiger partial charge in [0.05, 0.1) is 5.56 Å². The molecule has 2 aliphatic rings. The fourth-order valence-electron chi connectivity index (χ4n) is 3.41. The molecule has 134 valence electrons. The molecule has 1 aliphatic heterocycles. The number of carbonyl (C=O) groups is 2. The molecule has 2 aromatic rings. The largest absolute Gasteiger partial charge is 0.357 e. The molecular formula is C21H23N3O2. The van der Waals surface area contributed by atoms with Crippen LogP contribution in [0, 0.1) is 5.92 Å². The molecule has 1 aromatic heterocycles. The zero-order valence-corrected chi connectivity index (χ0v) is 14.7. The standard InChI is InChI=1S/C21H23N3O2/c25-20(15-4-2-1-3-5-15)16-10-12-24(13-11-16)19-9-6-17(14-22-19)21(26)23-18-7-8-18/h1-6,9,14,16,18H,7-8,10-13H2,(H,23,26). The van der Waals surface area contributed by atoms with Crippen molar-refractivity contribution in [2.24, 2.45) is 5.92 Å². The molecule has 1 saturated heterocycles. The number of nitrogens with zero attached hydrogens (tertiary/aromatic N) is 2. The molecule has 1 N–H and O–H groups in total. The van der Waals surface area contributed by atoms with E-state index in [-0.39, 0.29) is 17.6 Å². The maximum absolute atomic E-state index is 12.6. The van der Waals surface area contributed by atoms with Crippen molar-refractivity contribution in [1.82, 2.24) is 10.3 Å². The Bertz CT molecular complexity index is 777. The van der Waals surface area contributed by atoms with Gasteiger partial charge in [-0.25, -0.2) is 4.98 Å². The third kappa shape index (κ3) is 3.77. The summed E-state index contributed by atoms with van der Waals surface area (Å²) in [6.45, 7) is 1.62. The molecule has 1 amide bonds.